The second kappa shape index (κ2) is 6.00. The van der Waals surface area contributed by atoms with E-state index in [2.05, 4.69) is 4.90 Å². The topological polar surface area (TPSA) is 72.7 Å². The van der Waals surface area contributed by atoms with Gasteiger partial charge in [0, 0.05) is 43.6 Å². The van der Waals surface area contributed by atoms with Crippen molar-refractivity contribution in [3.63, 3.8) is 0 Å². The number of carbonyl (C=O) groups excluding carboxylic acids is 1. The third-order valence-corrected chi connectivity index (χ3v) is 3.62. The molecule has 6 nitrogen and oxygen atoms in total. The monoisotopic (exact) mass is 278 g/mol. The van der Waals surface area contributed by atoms with Gasteiger partial charge in [0.15, 0.2) is 5.78 Å². The minimum Gasteiger partial charge on any atom is -0.380 e. The van der Waals surface area contributed by atoms with Crippen molar-refractivity contribution in [2.45, 2.75) is 25.9 Å². The number of nitro groups is 1. The van der Waals surface area contributed by atoms with Crippen LogP contribution >= 0.6 is 0 Å². The van der Waals surface area contributed by atoms with Crippen LogP contribution in [0.2, 0.25) is 0 Å². The first-order chi connectivity index (χ1) is 9.52. The predicted octanol–water partition coefficient (Wildman–Crippen LogP) is 2.41. The lowest BCUT2D eigenvalue weighted by atomic mass is 10.0. The number of piperidine rings is 1. The van der Waals surface area contributed by atoms with Crippen LogP contribution < -0.4 is 4.90 Å². The molecular formula is C14H18N2O4. The highest BCUT2D eigenvalue weighted by molar-refractivity contribution is 6.00. The van der Waals surface area contributed by atoms with Crippen molar-refractivity contribution in [1.82, 2.24) is 0 Å². The molecule has 0 amide bonds. The number of carbonyl (C=O) groups is 1. The van der Waals surface area contributed by atoms with Crippen molar-refractivity contribution < 1.29 is 14.5 Å². The van der Waals surface area contributed by atoms with Gasteiger partial charge in [-0.25, -0.2) is 0 Å². The number of nitrogens with zero attached hydrogens (tertiary/aromatic N) is 2. The van der Waals surface area contributed by atoms with Crippen molar-refractivity contribution in [1.29, 1.82) is 0 Å². The molecule has 1 aliphatic rings. The number of rotatable bonds is 4. The Morgan fingerprint density at radius 3 is 2.85 bits per heavy atom. The van der Waals surface area contributed by atoms with Gasteiger partial charge in [-0.05, 0) is 25.8 Å². The number of non-ortho nitro benzene ring substituents is 1. The summed E-state index contributed by atoms with van der Waals surface area (Å²) in [6, 6.07) is 4.46. The number of Topliss-reactive ketones (excluding diaryl/α,β-unsaturated/α-hetero) is 1. The summed E-state index contributed by atoms with van der Waals surface area (Å²) in [5, 5.41) is 10.8. The van der Waals surface area contributed by atoms with Crippen LogP contribution in [0.1, 0.15) is 30.1 Å². The number of hydrogen-bond acceptors (Lipinski definition) is 5. The van der Waals surface area contributed by atoms with E-state index < -0.39 is 4.92 Å². The van der Waals surface area contributed by atoms with Crippen molar-refractivity contribution in [3.05, 3.63) is 33.9 Å². The molecule has 20 heavy (non-hydrogen) atoms. The Hall–Kier alpha value is -1.95. The molecule has 0 aromatic heterocycles. The van der Waals surface area contributed by atoms with Gasteiger partial charge in [0.2, 0.25) is 0 Å². The Balaban J connectivity index is 2.35. The largest absolute Gasteiger partial charge is 0.380 e. The van der Waals surface area contributed by atoms with Crippen LogP contribution in [0, 0.1) is 10.1 Å². The molecule has 1 aliphatic heterocycles. The number of ketones is 1. The molecule has 0 spiro atoms. The number of ether oxygens (including phenoxy) is 1. The predicted molar refractivity (Wildman–Crippen MR) is 75.3 cm³/mol. The Kier molecular flexibility index (Phi) is 4.34. The minimum atomic E-state index is -0.482. The second-order valence-corrected chi connectivity index (χ2v) is 4.96. The van der Waals surface area contributed by atoms with Crippen molar-refractivity contribution in [3.8, 4) is 0 Å². The van der Waals surface area contributed by atoms with Crippen molar-refractivity contribution in [2.75, 3.05) is 25.1 Å². The highest BCUT2D eigenvalue weighted by Crippen LogP contribution is 2.28. The van der Waals surface area contributed by atoms with Gasteiger partial charge in [0.1, 0.15) is 0 Å². The summed E-state index contributed by atoms with van der Waals surface area (Å²) in [6.45, 7) is 2.97. The van der Waals surface area contributed by atoms with E-state index in [0.29, 0.717) is 12.1 Å². The van der Waals surface area contributed by atoms with Crippen LogP contribution in [0.3, 0.4) is 0 Å². The van der Waals surface area contributed by atoms with Crippen LogP contribution in [-0.4, -0.2) is 37.0 Å². The summed E-state index contributed by atoms with van der Waals surface area (Å²) in [6.07, 6.45) is 2.11. The van der Waals surface area contributed by atoms with E-state index in [-0.39, 0.29) is 17.6 Å². The van der Waals surface area contributed by atoms with E-state index in [1.165, 1.54) is 19.1 Å². The SMILES string of the molecule is COC1CCCN(c2ccc([N+](=O)[O-])cc2C(C)=O)C1. The molecule has 0 N–H and O–H groups in total. The van der Waals surface area contributed by atoms with E-state index in [9.17, 15) is 14.9 Å². The average molecular weight is 278 g/mol. The lowest BCUT2D eigenvalue weighted by Gasteiger charge is -2.34. The molecule has 1 aromatic carbocycles. The standard InChI is InChI=1S/C14H18N2O4/c1-10(17)13-8-11(16(18)19)5-6-14(13)15-7-3-4-12(9-15)20-2/h5-6,8,12H,3-4,7,9H2,1-2H3. The Morgan fingerprint density at radius 1 is 1.50 bits per heavy atom. The molecule has 0 radical (unpaired) electrons. The molecule has 0 aliphatic carbocycles. The molecule has 0 bridgehead atoms. The molecule has 0 saturated carbocycles. The smallest absolute Gasteiger partial charge is 0.270 e. The molecule has 2 rings (SSSR count). The van der Waals surface area contributed by atoms with Gasteiger partial charge in [-0.3, -0.25) is 14.9 Å². The Morgan fingerprint density at radius 2 is 2.25 bits per heavy atom. The number of methoxy groups -OCH3 is 1. The molecule has 108 valence electrons. The quantitative estimate of drug-likeness (QED) is 0.480. The maximum atomic E-state index is 11.8. The fourth-order valence-corrected chi connectivity index (χ4v) is 2.54. The van der Waals surface area contributed by atoms with Gasteiger partial charge in [0.05, 0.1) is 11.0 Å². The maximum absolute atomic E-state index is 11.8. The Bertz CT molecular complexity index is 530. The van der Waals surface area contributed by atoms with Gasteiger partial charge in [-0.2, -0.15) is 0 Å². The first kappa shape index (κ1) is 14.5. The van der Waals surface area contributed by atoms with Crippen LogP contribution in [0.5, 0.6) is 0 Å². The van der Waals surface area contributed by atoms with E-state index in [0.717, 1.165) is 25.1 Å². The third-order valence-electron chi connectivity index (χ3n) is 3.62. The minimum absolute atomic E-state index is 0.0562. The van der Waals surface area contributed by atoms with Gasteiger partial charge in [-0.1, -0.05) is 0 Å². The molecule has 1 saturated heterocycles. The molecule has 6 heteroatoms. The lowest BCUT2D eigenvalue weighted by molar-refractivity contribution is -0.384. The fourth-order valence-electron chi connectivity index (χ4n) is 2.54. The summed E-state index contributed by atoms with van der Waals surface area (Å²) in [5.41, 5.74) is 1.10. The highest BCUT2D eigenvalue weighted by Gasteiger charge is 2.24. The van der Waals surface area contributed by atoms with Gasteiger partial charge < -0.3 is 9.64 Å². The molecule has 1 unspecified atom stereocenters. The summed E-state index contributed by atoms with van der Waals surface area (Å²) < 4.78 is 5.37. The van der Waals surface area contributed by atoms with E-state index in [1.807, 2.05) is 0 Å². The third kappa shape index (κ3) is 2.96. The zero-order valence-corrected chi connectivity index (χ0v) is 11.7. The highest BCUT2D eigenvalue weighted by atomic mass is 16.6. The summed E-state index contributed by atoms with van der Waals surface area (Å²) in [4.78, 5) is 24.2. The molecule has 1 fully saturated rings. The van der Waals surface area contributed by atoms with Crippen LogP contribution in [0.15, 0.2) is 18.2 Å². The fraction of sp³-hybridized carbons (Fsp3) is 0.500. The number of anilines is 1. The zero-order chi connectivity index (χ0) is 14.7. The molecule has 1 heterocycles. The average Bonchev–Trinajstić information content (AvgIpc) is 2.46. The van der Waals surface area contributed by atoms with Gasteiger partial charge >= 0.3 is 0 Å². The van der Waals surface area contributed by atoms with Crippen LogP contribution in [-0.2, 0) is 4.74 Å². The first-order valence-corrected chi connectivity index (χ1v) is 6.60. The van der Waals surface area contributed by atoms with Gasteiger partial charge in [-0.15, -0.1) is 0 Å². The normalized spacial score (nSPS) is 18.9. The Labute approximate surface area is 117 Å². The van der Waals surface area contributed by atoms with Crippen molar-refractivity contribution in [2.24, 2.45) is 0 Å². The number of benzene rings is 1. The molecule has 1 atom stereocenters. The van der Waals surface area contributed by atoms with Crippen LogP contribution in [0.4, 0.5) is 11.4 Å². The summed E-state index contributed by atoms with van der Waals surface area (Å²) in [5.74, 6) is -0.164. The van der Waals surface area contributed by atoms with E-state index in [1.54, 1.807) is 13.2 Å². The number of hydrogen-bond donors (Lipinski definition) is 0. The maximum Gasteiger partial charge on any atom is 0.270 e. The summed E-state index contributed by atoms with van der Waals surface area (Å²) >= 11 is 0. The zero-order valence-electron chi connectivity index (χ0n) is 11.7. The van der Waals surface area contributed by atoms with E-state index in [4.69, 9.17) is 4.74 Å². The van der Waals surface area contributed by atoms with Gasteiger partial charge in [0.25, 0.3) is 5.69 Å². The van der Waals surface area contributed by atoms with E-state index >= 15 is 0 Å². The molecule has 1 aromatic rings. The second-order valence-electron chi connectivity index (χ2n) is 4.96. The van der Waals surface area contributed by atoms with Crippen LogP contribution in [0.25, 0.3) is 0 Å². The summed E-state index contributed by atoms with van der Waals surface area (Å²) in [7, 11) is 1.68. The van der Waals surface area contributed by atoms with Crippen molar-refractivity contribution >= 4 is 17.2 Å². The molecular weight excluding hydrogens is 260 g/mol. The lowest BCUT2D eigenvalue weighted by Crippen LogP contribution is -2.39. The number of nitro benzene ring substituents is 1. The first-order valence-electron chi connectivity index (χ1n) is 6.60.